The van der Waals surface area contributed by atoms with Crippen molar-refractivity contribution in [3.8, 4) is 0 Å². The molecule has 0 spiro atoms. The number of rotatable bonds is 4. The summed E-state index contributed by atoms with van der Waals surface area (Å²) in [4.78, 5) is 0. The van der Waals surface area contributed by atoms with Crippen molar-refractivity contribution in [2.24, 2.45) is 5.73 Å². The van der Waals surface area contributed by atoms with Gasteiger partial charge in [-0.15, -0.1) is 0 Å². The van der Waals surface area contributed by atoms with Gasteiger partial charge in [0.15, 0.2) is 0 Å². The molecule has 0 aliphatic rings. The molecule has 0 aromatic rings. The van der Waals surface area contributed by atoms with Crippen LogP contribution in [-0.4, -0.2) is 39.4 Å². The highest BCUT2D eigenvalue weighted by molar-refractivity contribution is 4.38. The van der Waals surface area contributed by atoms with E-state index in [0.717, 1.165) is 6.54 Å². The maximum atomic E-state index is 5.27. The van der Waals surface area contributed by atoms with Crippen LogP contribution >= 0.6 is 0 Å². The zero-order chi connectivity index (χ0) is 5.54. The lowest BCUT2D eigenvalue weighted by atomic mass is 10.2. The van der Waals surface area contributed by atoms with Crippen molar-refractivity contribution in [1.29, 1.82) is 0 Å². The SMILES string of the molecule is CCCCCCN.O.O.O.O.O.O. The molecule has 0 heterocycles. The van der Waals surface area contributed by atoms with Gasteiger partial charge in [0.2, 0.25) is 0 Å². The molecule has 0 bridgehead atoms. The van der Waals surface area contributed by atoms with Crippen molar-refractivity contribution in [1.82, 2.24) is 0 Å². The minimum absolute atomic E-state index is 0. The maximum absolute atomic E-state index is 5.27. The third kappa shape index (κ3) is 80.0. The first kappa shape index (κ1) is 53.4. The van der Waals surface area contributed by atoms with Crippen LogP contribution in [0.1, 0.15) is 32.6 Å². The summed E-state index contributed by atoms with van der Waals surface area (Å²) in [7, 11) is 0. The van der Waals surface area contributed by atoms with E-state index in [1.807, 2.05) is 0 Å². The molecule has 13 heavy (non-hydrogen) atoms. The van der Waals surface area contributed by atoms with E-state index in [4.69, 9.17) is 5.73 Å². The van der Waals surface area contributed by atoms with Crippen LogP contribution in [0.2, 0.25) is 0 Å². The Morgan fingerprint density at radius 1 is 0.692 bits per heavy atom. The zero-order valence-corrected chi connectivity index (χ0v) is 8.11. The molecule has 0 radical (unpaired) electrons. The average molecular weight is 209 g/mol. The summed E-state index contributed by atoms with van der Waals surface area (Å²) in [6, 6.07) is 0. The lowest BCUT2D eigenvalue weighted by Crippen LogP contribution is -1.97. The molecule has 0 fully saturated rings. The highest BCUT2D eigenvalue weighted by Gasteiger charge is 1.80. The molecule has 0 saturated carbocycles. The van der Waals surface area contributed by atoms with Crippen LogP contribution in [0.25, 0.3) is 0 Å². The van der Waals surface area contributed by atoms with Gasteiger partial charge < -0.3 is 38.6 Å². The minimum Gasteiger partial charge on any atom is -0.412 e. The predicted molar refractivity (Wildman–Crippen MR) is 54.9 cm³/mol. The van der Waals surface area contributed by atoms with Gasteiger partial charge in [-0.25, -0.2) is 0 Å². The second-order valence-electron chi connectivity index (χ2n) is 1.85. The Labute approximate surface area is 78.8 Å². The largest absolute Gasteiger partial charge is 0.412 e. The van der Waals surface area contributed by atoms with E-state index in [0.29, 0.717) is 0 Å². The fourth-order valence-corrected chi connectivity index (χ4v) is 0.571. The number of hydrogen-bond donors (Lipinski definition) is 1. The first-order chi connectivity index (χ1) is 3.41. The molecule has 0 rings (SSSR count). The number of nitrogens with two attached hydrogens (primary N) is 1. The van der Waals surface area contributed by atoms with Gasteiger partial charge in [0.1, 0.15) is 0 Å². The molecule has 92 valence electrons. The molecule has 0 saturated heterocycles. The van der Waals surface area contributed by atoms with E-state index in [1.165, 1.54) is 25.7 Å². The highest BCUT2D eigenvalue weighted by Crippen LogP contribution is 1.95. The summed E-state index contributed by atoms with van der Waals surface area (Å²) in [6.45, 7) is 3.07. The first-order valence-electron chi connectivity index (χ1n) is 3.12. The lowest BCUT2D eigenvalue weighted by Gasteiger charge is -1.90. The van der Waals surface area contributed by atoms with E-state index in [2.05, 4.69) is 6.92 Å². The van der Waals surface area contributed by atoms with Crippen LogP contribution < -0.4 is 5.73 Å². The second-order valence-corrected chi connectivity index (χ2v) is 1.85. The summed E-state index contributed by atoms with van der Waals surface area (Å²) in [5.74, 6) is 0. The highest BCUT2D eigenvalue weighted by atomic mass is 16.0. The molecule has 14 N–H and O–H groups in total. The molecule has 0 aromatic carbocycles. The van der Waals surface area contributed by atoms with E-state index in [1.54, 1.807) is 0 Å². The van der Waals surface area contributed by atoms with Crippen LogP contribution in [0.5, 0.6) is 0 Å². The number of unbranched alkanes of at least 4 members (excludes halogenated alkanes) is 3. The summed E-state index contributed by atoms with van der Waals surface area (Å²) in [6.07, 6.45) is 5.16. The van der Waals surface area contributed by atoms with Gasteiger partial charge in [-0.3, -0.25) is 0 Å². The van der Waals surface area contributed by atoms with Crippen molar-refractivity contribution in [2.75, 3.05) is 6.54 Å². The fraction of sp³-hybridized carbons (Fsp3) is 1.00. The standard InChI is InChI=1S/C6H15N.6H2O/c1-2-3-4-5-6-7;;;;;;/h2-7H2,1H3;6*1H2. The van der Waals surface area contributed by atoms with Gasteiger partial charge in [-0.2, -0.15) is 0 Å². The second kappa shape index (κ2) is 60.5. The summed E-state index contributed by atoms with van der Waals surface area (Å²) in [5.41, 5.74) is 5.27. The minimum atomic E-state index is 0. The molecule has 7 nitrogen and oxygen atoms in total. The Morgan fingerprint density at radius 2 is 1.08 bits per heavy atom. The molecule has 0 atom stereocenters. The molecular weight excluding hydrogens is 182 g/mol. The van der Waals surface area contributed by atoms with E-state index in [-0.39, 0.29) is 32.9 Å². The average Bonchev–Trinajstić information content (AvgIpc) is 1.69. The van der Waals surface area contributed by atoms with Crippen molar-refractivity contribution in [3.63, 3.8) is 0 Å². The molecular formula is C6H27NO6. The predicted octanol–water partition coefficient (Wildman–Crippen LogP) is -3.42. The van der Waals surface area contributed by atoms with Crippen LogP contribution in [0, 0.1) is 0 Å². The van der Waals surface area contributed by atoms with Crippen LogP contribution in [-0.2, 0) is 0 Å². The Bertz CT molecular complexity index is 36.3. The molecule has 7 heteroatoms. The lowest BCUT2D eigenvalue weighted by molar-refractivity contribution is 0.674. The monoisotopic (exact) mass is 209 g/mol. The quantitative estimate of drug-likeness (QED) is 0.459. The summed E-state index contributed by atoms with van der Waals surface area (Å²) >= 11 is 0. The fourth-order valence-electron chi connectivity index (χ4n) is 0.571. The van der Waals surface area contributed by atoms with Crippen LogP contribution in [0.15, 0.2) is 0 Å². The third-order valence-corrected chi connectivity index (χ3v) is 1.06. The van der Waals surface area contributed by atoms with Gasteiger partial charge in [-0.1, -0.05) is 26.2 Å². The normalized spacial score (nSPS) is 5.08. The summed E-state index contributed by atoms with van der Waals surface area (Å²) < 4.78 is 0. The van der Waals surface area contributed by atoms with E-state index < -0.39 is 0 Å². The van der Waals surface area contributed by atoms with Gasteiger partial charge in [-0.05, 0) is 13.0 Å². The Hall–Kier alpha value is -0.280. The third-order valence-electron chi connectivity index (χ3n) is 1.06. The molecule has 0 aliphatic heterocycles. The van der Waals surface area contributed by atoms with Crippen LogP contribution in [0.3, 0.4) is 0 Å². The summed E-state index contributed by atoms with van der Waals surface area (Å²) in [5, 5.41) is 0. The first-order valence-corrected chi connectivity index (χ1v) is 3.12. The van der Waals surface area contributed by atoms with E-state index >= 15 is 0 Å². The van der Waals surface area contributed by atoms with Crippen molar-refractivity contribution in [3.05, 3.63) is 0 Å². The van der Waals surface area contributed by atoms with E-state index in [9.17, 15) is 0 Å². The molecule has 0 aliphatic carbocycles. The zero-order valence-electron chi connectivity index (χ0n) is 8.11. The maximum Gasteiger partial charge on any atom is -0.00773 e. The van der Waals surface area contributed by atoms with Gasteiger partial charge >= 0.3 is 0 Å². The van der Waals surface area contributed by atoms with Crippen LogP contribution in [0.4, 0.5) is 0 Å². The van der Waals surface area contributed by atoms with Gasteiger partial charge in [0, 0.05) is 0 Å². The Balaban J connectivity index is -0.0000000120. The van der Waals surface area contributed by atoms with Gasteiger partial charge in [0.05, 0.1) is 0 Å². The van der Waals surface area contributed by atoms with Gasteiger partial charge in [0.25, 0.3) is 0 Å². The van der Waals surface area contributed by atoms with Crippen molar-refractivity contribution in [2.45, 2.75) is 32.6 Å². The molecule has 0 amide bonds. The topological polar surface area (TPSA) is 215 Å². The smallest absolute Gasteiger partial charge is 0.00773 e. The van der Waals surface area contributed by atoms with Crippen molar-refractivity contribution < 1.29 is 32.9 Å². The Kier molecular flexibility index (Phi) is 248. The number of hydrogen-bond acceptors (Lipinski definition) is 1. The van der Waals surface area contributed by atoms with Crippen molar-refractivity contribution >= 4 is 0 Å². The molecule has 0 unspecified atom stereocenters. The molecule has 0 aromatic heterocycles. The Morgan fingerprint density at radius 3 is 1.31 bits per heavy atom.